The number of aromatic hydroxyl groups is 1. The molecule has 0 spiro atoms. The number of nitrogens with one attached hydrogen (secondary N) is 1. The van der Waals surface area contributed by atoms with E-state index in [0.717, 1.165) is 44.2 Å². The number of aliphatic hydroxyl groups excluding tert-OH is 1. The fraction of sp³-hybridized carbons (Fsp3) is 0.500. The van der Waals surface area contributed by atoms with E-state index in [1.165, 1.54) is 18.4 Å². The van der Waals surface area contributed by atoms with E-state index in [0.29, 0.717) is 5.75 Å². The maximum atomic E-state index is 10.5. The third-order valence-electron chi connectivity index (χ3n) is 5.16. The molecular weight excluding hydrogens is 350 g/mol. The fourth-order valence-electron chi connectivity index (χ4n) is 3.46. The van der Waals surface area contributed by atoms with E-state index >= 15 is 0 Å². The van der Waals surface area contributed by atoms with Crippen molar-refractivity contribution in [3.63, 3.8) is 0 Å². The van der Waals surface area contributed by atoms with E-state index in [1.54, 1.807) is 13.2 Å². The van der Waals surface area contributed by atoms with Crippen LogP contribution in [0.1, 0.15) is 56.6 Å². The quantitative estimate of drug-likeness (QED) is 0.433. The summed E-state index contributed by atoms with van der Waals surface area (Å²) >= 11 is 0. The Morgan fingerprint density at radius 3 is 2.50 bits per heavy atom. The normalized spacial score (nSPS) is 13.2. The van der Waals surface area contributed by atoms with Gasteiger partial charge in [0.2, 0.25) is 0 Å². The Labute approximate surface area is 169 Å². The summed E-state index contributed by atoms with van der Waals surface area (Å²) in [4.78, 5) is 0. The summed E-state index contributed by atoms with van der Waals surface area (Å²) in [6.45, 7) is 2.98. The lowest BCUT2D eigenvalue weighted by Crippen LogP contribution is -2.33. The van der Waals surface area contributed by atoms with Gasteiger partial charge in [-0.25, -0.2) is 0 Å². The van der Waals surface area contributed by atoms with E-state index < -0.39 is 0 Å². The molecule has 0 saturated carbocycles. The van der Waals surface area contributed by atoms with Crippen molar-refractivity contribution >= 4 is 0 Å². The van der Waals surface area contributed by atoms with Crippen molar-refractivity contribution in [2.24, 2.45) is 0 Å². The van der Waals surface area contributed by atoms with Gasteiger partial charge in [0.1, 0.15) is 0 Å². The lowest BCUT2D eigenvalue weighted by atomic mass is 9.97. The highest BCUT2D eigenvalue weighted by Crippen LogP contribution is 2.27. The number of unbranched alkanes of at least 4 members (excludes halogenated alkanes) is 2. The monoisotopic (exact) mass is 385 g/mol. The second-order valence-electron chi connectivity index (χ2n) is 7.49. The van der Waals surface area contributed by atoms with Crippen molar-refractivity contribution in [2.45, 2.75) is 70.6 Å². The van der Waals surface area contributed by atoms with Gasteiger partial charge in [-0.05, 0) is 48.9 Å². The van der Waals surface area contributed by atoms with Gasteiger partial charge >= 0.3 is 0 Å². The molecule has 0 bridgehead atoms. The number of aryl methyl sites for hydroxylation is 1. The molecule has 2 aromatic carbocycles. The smallest absolute Gasteiger partial charge is 0.160 e. The number of aliphatic hydroxyl groups is 1. The summed E-state index contributed by atoms with van der Waals surface area (Å²) in [7, 11) is 1.57. The van der Waals surface area contributed by atoms with Crippen molar-refractivity contribution in [1.82, 2.24) is 5.32 Å². The molecule has 0 aliphatic heterocycles. The molecule has 0 fully saturated rings. The molecule has 0 aliphatic rings. The van der Waals surface area contributed by atoms with E-state index in [2.05, 4.69) is 24.4 Å². The first-order valence-corrected chi connectivity index (χ1v) is 10.4. The summed E-state index contributed by atoms with van der Waals surface area (Å²) in [5.41, 5.74) is 2.38. The van der Waals surface area contributed by atoms with Crippen LogP contribution in [0.2, 0.25) is 0 Å². The molecule has 28 heavy (non-hydrogen) atoms. The Bertz CT molecular complexity index is 675. The highest BCUT2D eigenvalue weighted by Gasteiger charge is 2.15. The topological polar surface area (TPSA) is 61.7 Å². The molecule has 0 radical (unpaired) electrons. The Morgan fingerprint density at radius 2 is 1.79 bits per heavy atom. The van der Waals surface area contributed by atoms with Crippen LogP contribution in [-0.4, -0.2) is 29.5 Å². The average Bonchev–Trinajstić information content (AvgIpc) is 2.72. The Balaban J connectivity index is 1.94. The first-order valence-electron chi connectivity index (χ1n) is 10.4. The third kappa shape index (κ3) is 7.91. The summed E-state index contributed by atoms with van der Waals surface area (Å²) in [6, 6.07) is 16.1. The van der Waals surface area contributed by atoms with Crippen LogP contribution in [0.25, 0.3) is 0 Å². The summed E-state index contributed by atoms with van der Waals surface area (Å²) < 4.78 is 5.21. The molecule has 154 valence electrons. The van der Waals surface area contributed by atoms with Crippen LogP contribution in [0, 0.1) is 0 Å². The highest BCUT2D eigenvalue weighted by atomic mass is 16.5. The van der Waals surface area contributed by atoms with Gasteiger partial charge in [0.25, 0.3) is 0 Å². The number of phenols is 1. The van der Waals surface area contributed by atoms with E-state index in [1.807, 2.05) is 30.3 Å². The summed E-state index contributed by atoms with van der Waals surface area (Å²) in [6.07, 6.45) is 6.57. The SMILES string of the molecule is CCCCCC(O)CC(CCc1ccc(O)c(OC)c1)NCc1ccccc1. The number of hydrogen-bond donors (Lipinski definition) is 3. The molecule has 0 heterocycles. The van der Waals surface area contributed by atoms with Crippen molar-refractivity contribution in [1.29, 1.82) is 0 Å². The minimum Gasteiger partial charge on any atom is -0.504 e. The van der Waals surface area contributed by atoms with Crippen LogP contribution in [0.3, 0.4) is 0 Å². The molecule has 0 aromatic heterocycles. The van der Waals surface area contributed by atoms with Crippen molar-refractivity contribution in [3.8, 4) is 11.5 Å². The zero-order valence-corrected chi connectivity index (χ0v) is 17.2. The molecule has 0 saturated heterocycles. The number of ether oxygens (including phenoxy) is 1. The Hall–Kier alpha value is -2.04. The number of methoxy groups -OCH3 is 1. The molecular formula is C24H35NO3. The van der Waals surface area contributed by atoms with Crippen LogP contribution >= 0.6 is 0 Å². The molecule has 0 aliphatic carbocycles. The largest absolute Gasteiger partial charge is 0.504 e. The summed E-state index contributed by atoms with van der Waals surface area (Å²) in [5.74, 6) is 0.669. The maximum absolute atomic E-state index is 10.5. The second-order valence-corrected chi connectivity index (χ2v) is 7.49. The third-order valence-corrected chi connectivity index (χ3v) is 5.16. The summed E-state index contributed by atoms with van der Waals surface area (Å²) in [5, 5.41) is 23.9. The zero-order valence-electron chi connectivity index (χ0n) is 17.2. The molecule has 2 aromatic rings. The molecule has 0 amide bonds. The number of benzene rings is 2. The minimum absolute atomic E-state index is 0.163. The van der Waals surface area contributed by atoms with Gasteiger partial charge in [0.15, 0.2) is 11.5 Å². The van der Waals surface area contributed by atoms with Gasteiger partial charge in [0, 0.05) is 12.6 Å². The number of hydrogen-bond acceptors (Lipinski definition) is 4. The predicted molar refractivity (Wildman–Crippen MR) is 115 cm³/mol. The van der Waals surface area contributed by atoms with Gasteiger partial charge in [-0.1, -0.05) is 62.6 Å². The van der Waals surface area contributed by atoms with Crippen molar-refractivity contribution in [3.05, 3.63) is 59.7 Å². The average molecular weight is 386 g/mol. The second kappa shape index (κ2) is 12.4. The van der Waals surface area contributed by atoms with Gasteiger partial charge in [-0.3, -0.25) is 0 Å². The molecule has 3 N–H and O–H groups in total. The fourth-order valence-corrected chi connectivity index (χ4v) is 3.46. The minimum atomic E-state index is -0.269. The number of rotatable bonds is 13. The van der Waals surface area contributed by atoms with Gasteiger partial charge in [-0.15, -0.1) is 0 Å². The van der Waals surface area contributed by atoms with Crippen LogP contribution in [0.4, 0.5) is 0 Å². The Morgan fingerprint density at radius 1 is 1.00 bits per heavy atom. The van der Waals surface area contributed by atoms with Gasteiger partial charge < -0.3 is 20.3 Å². The van der Waals surface area contributed by atoms with Crippen LogP contribution in [0.5, 0.6) is 11.5 Å². The lowest BCUT2D eigenvalue weighted by Gasteiger charge is -2.22. The van der Waals surface area contributed by atoms with E-state index in [-0.39, 0.29) is 17.9 Å². The van der Waals surface area contributed by atoms with Crippen LogP contribution in [-0.2, 0) is 13.0 Å². The first kappa shape index (κ1) is 22.3. The van der Waals surface area contributed by atoms with Crippen molar-refractivity contribution < 1.29 is 14.9 Å². The van der Waals surface area contributed by atoms with E-state index in [4.69, 9.17) is 4.74 Å². The van der Waals surface area contributed by atoms with Crippen LogP contribution < -0.4 is 10.1 Å². The van der Waals surface area contributed by atoms with Gasteiger partial charge in [-0.2, -0.15) is 0 Å². The van der Waals surface area contributed by atoms with Crippen molar-refractivity contribution in [2.75, 3.05) is 7.11 Å². The highest BCUT2D eigenvalue weighted by molar-refractivity contribution is 5.41. The molecule has 4 heteroatoms. The predicted octanol–water partition coefficient (Wildman–Crippen LogP) is 4.82. The molecule has 2 rings (SSSR count). The van der Waals surface area contributed by atoms with Crippen LogP contribution in [0.15, 0.2) is 48.5 Å². The molecule has 2 unspecified atom stereocenters. The Kier molecular flexibility index (Phi) is 9.87. The zero-order chi connectivity index (χ0) is 20.2. The maximum Gasteiger partial charge on any atom is 0.160 e. The molecule has 2 atom stereocenters. The standard InChI is InChI=1S/C24H35NO3/c1-3-4-6-11-22(26)17-21(25-18-20-9-7-5-8-10-20)14-12-19-13-15-23(27)24(16-19)28-2/h5,7-10,13,15-16,21-22,25-27H,3-4,6,11-12,14,17-18H2,1-2H3. The van der Waals surface area contributed by atoms with Gasteiger partial charge in [0.05, 0.1) is 13.2 Å². The molecule has 4 nitrogen and oxygen atoms in total. The van der Waals surface area contributed by atoms with E-state index in [9.17, 15) is 10.2 Å². The number of phenolic OH excluding ortho intramolecular Hbond substituents is 1. The lowest BCUT2D eigenvalue weighted by molar-refractivity contribution is 0.134. The first-order chi connectivity index (χ1) is 13.6.